The summed E-state index contributed by atoms with van der Waals surface area (Å²) in [5.74, 6) is -0.880. The molecule has 0 spiro atoms. The fourth-order valence-electron chi connectivity index (χ4n) is 2.77. The predicted molar refractivity (Wildman–Crippen MR) is 74.8 cm³/mol. The summed E-state index contributed by atoms with van der Waals surface area (Å²) in [6.07, 6.45) is 2.37. The van der Waals surface area contributed by atoms with Gasteiger partial charge in [-0.25, -0.2) is 4.79 Å². The summed E-state index contributed by atoms with van der Waals surface area (Å²) in [7, 11) is 0. The van der Waals surface area contributed by atoms with Gasteiger partial charge in [-0.15, -0.1) is 0 Å². The lowest BCUT2D eigenvalue weighted by Crippen LogP contribution is -2.37. The van der Waals surface area contributed by atoms with Crippen molar-refractivity contribution < 1.29 is 14.6 Å². The van der Waals surface area contributed by atoms with Crippen molar-refractivity contribution >= 4 is 11.7 Å². The van der Waals surface area contributed by atoms with Gasteiger partial charge in [0.25, 0.3) is 0 Å². The first-order valence-corrected chi connectivity index (χ1v) is 6.72. The van der Waals surface area contributed by atoms with Gasteiger partial charge in [0.2, 0.25) is 0 Å². The maximum absolute atomic E-state index is 11.1. The van der Waals surface area contributed by atoms with Crippen LogP contribution in [0.15, 0.2) is 18.2 Å². The molecule has 0 radical (unpaired) electrons. The molecule has 0 aliphatic carbocycles. The van der Waals surface area contributed by atoms with Gasteiger partial charge >= 0.3 is 5.97 Å². The topological polar surface area (TPSA) is 58.6 Å². The van der Waals surface area contributed by atoms with Gasteiger partial charge in [-0.3, -0.25) is 0 Å². The van der Waals surface area contributed by atoms with Gasteiger partial charge < -0.3 is 15.2 Å². The fourth-order valence-corrected chi connectivity index (χ4v) is 2.77. The molecule has 2 N–H and O–H groups in total. The molecule has 0 aromatic heterocycles. The maximum atomic E-state index is 11.1. The molecule has 0 bridgehead atoms. The second kappa shape index (κ2) is 5.61. The van der Waals surface area contributed by atoms with E-state index in [0.717, 1.165) is 24.1 Å². The van der Waals surface area contributed by atoms with Crippen molar-refractivity contribution in [2.24, 2.45) is 0 Å². The number of aromatic carboxylic acids is 1. The van der Waals surface area contributed by atoms with Gasteiger partial charge in [0, 0.05) is 11.7 Å². The number of carboxylic acid groups (broad SMARTS) is 1. The first kappa shape index (κ1) is 13.9. The highest BCUT2D eigenvalue weighted by molar-refractivity contribution is 5.91. The average molecular weight is 263 g/mol. The largest absolute Gasteiger partial charge is 0.478 e. The predicted octanol–water partition coefficient (Wildman–Crippen LogP) is 3.06. The standard InChI is InChI=1S/C15H21NO3/c1-9-7-12(8-10(2)19-9)16-14-6-4-5-13(11(14)3)15(17)18/h4-6,9-10,12,16H,7-8H2,1-3H3,(H,17,18). The van der Waals surface area contributed by atoms with Gasteiger partial charge in [0.1, 0.15) is 0 Å². The molecular formula is C15H21NO3. The zero-order valence-corrected chi connectivity index (χ0v) is 11.6. The summed E-state index contributed by atoms with van der Waals surface area (Å²) in [4.78, 5) is 11.1. The lowest BCUT2D eigenvalue weighted by atomic mass is 9.98. The van der Waals surface area contributed by atoms with Crippen LogP contribution in [0.1, 0.15) is 42.6 Å². The Labute approximate surface area is 113 Å². The lowest BCUT2D eigenvalue weighted by Gasteiger charge is -2.33. The molecule has 1 fully saturated rings. The molecule has 1 aliphatic heterocycles. The van der Waals surface area contributed by atoms with E-state index < -0.39 is 5.97 Å². The van der Waals surface area contributed by atoms with E-state index in [9.17, 15) is 4.79 Å². The van der Waals surface area contributed by atoms with Crippen molar-refractivity contribution in [1.29, 1.82) is 0 Å². The Morgan fingerprint density at radius 3 is 2.53 bits per heavy atom. The van der Waals surface area contributed by atoms with E-state index in [1.807, 2.05) is 13.0 Å². The molecule has 1 saturated heterocycles. The zero-order chi connectivity index (χ0) is 14.0. The monoisotopic (exact) mass is 263 g/mol. The van der Waals surface area contributed by atoms with Gasteiger partial charge in [0.05, 0.1) is 17.8 Å². The second-order valence-electron chi connectivity index (χ2n) is 5.35. The summed E-state index contributed by atoms with van der Waals surface area (Å²) < 4.78 is 5.71. The van der Waals surface area contributed by atoms with Crippen molar-refractivity contribution in [1.82, 2.24) is 0 Å². The summed E-state index contributed by atoms with van der Waals surface area (Å²) >= 11 is 0. The van der Waals surface area contributed by atoms with E-state index in [-0.39, 0.29) is 12.2 Å². The molecule has 104 valence electrons. The molecule has 1 aromatic rings. The lowest BCUT2D eigenvalue weighted by molar-refractivity contribution is -0.0337. The summed E-state index contributed by atoms with van der Waals surface area (Å²) in [6.45, 7) is 5.99. The highest BCUT2D eigenvalue weighted by Crippen LogP contribution is 2.25. The highest BCUT2D eigenvalue weighted by atomic mass is 16.5. The number of anilines is 1. The van der Waals surface area contributed by atoms with Crippen molar-refractivity contribution in [2.45, 2.75) is 51.9 Å². The number of nitrogens with one attached hydrogen (secondary N) is 1. The first-order valence-electron chi connectivity index (χ1n) is 6.72. The Morgan fingerprint density at radius 1 is 1.32 bits per heavy atom. The molecule has 19 heavy (non-hydrogen) atoms. The van der Waals surface area contributed by atoms with Crippen LogP contribution in [0.5, 0.6) is 0 Å². The number of ether oxygens (including phenoxy) is 1. The highest BCUT2D eigenvalue weighted by Gasteiger charge is 2.24. The zero-order valence-electron chi connectivity index (χ0n) is 11.6. The van der Waals surface area contributed by atoms with Crippen LogP contribution in [0, 0.1) is 6.92 Å². The minimum absolute atomic E-state index is 0.240. The second-order valence-corrected chi connectivity index (χ2v) is 5.35. The molecule has 1 aromatic carbocycles. The number of hydrogen-bond donors (Lipinski definition) is 2. The molecule has 2 unspecified atom stereocenters. The summed E-state index contributed by atoms with van der Waals surface area (Å²) in [5.41, 5.74) is 2.06. The van der Waals surface area contributed by atoms with Crippen LogP contribution in [-0.4, -0.2) is 29.3 Å². The molecule has 0 saturated carbocycles. The normalized spacial score (nSPS) is 27.0. The van der Waals surface area contributed by atoms with Crippen LogP contribution in [0.25, 0.3) is 0 Å². The van der Waals surface area contributed by atoms with Gasteiger partial charge in [-0.05, 0) is 51.3 Å². The molecular weight excluding hydrogens is 242 g/mol. The molecule has 0 amide bonds. The van der Waals surface area contributed by atoms with Crippen LogP contribution in [-0.2, 0) is 4.74 Å². The molecule has 4 heteroatoms. The third-order valence-electron chi connectivity index (χ3n) is 3.62. The van der Waals surface area contributed by atoms with E-state index in [0.29, 0.717) is 11.6 Å². The Kier molecular flexibility index (Phi) is 4.10. The van der Waals surface area contributed by atoms with Crippen molar-refractivity contribution in [2.75, 3.05) is 5.32 Å². The number of rotatable bonds is 3. The van der Waals surface area contributed by atoms with Crippen molar-refractivity contribution in [3.8, 4) is 0 Å². The Balaban J connectivity index is 2.15. The molecule has 1 heterocycles. The van der Waals surface area contributed by atoms with Crippen LogP contribution < -0.4 is 5.32 Å². The SMILES string of the molecule is Cc1c(NC2CC(C)OC(C)C2)cccc1C(=O)O. The Hall–Kier alpha value is -1.55. The molecule has 2 atom stereocenters. The van der Waals surface area contributed by atoms with E-state index in [2.05, 4.69) is 19.2 Å². The van der Waals surface area contributed by atoms with Crippen LogP contribution in [0.4, 0.5) is 5.69 Å². The Morgan fingerprint density at radius 2 is 1.95 bits per heavy atom. The molecule has 2 rings (SSSR count). The minimum atomic E-state index is -0.880. The van der Waals surface area contributed by atoms with Crippen LogP contribution in [0.2, 0.25) is 0 Å². The number of hydrogen-bond acceptors (Lipinski definition) is 3. The maximum Gasteiger partial charge on any atom is 0.336 e. The van der Waals surface area contributed by atoms with E-state index in [1.54, 1.807) is 12.1 Å². The number of carbonyl (C=O) groups is 1. The van der Waals surface area contributed by atoms with Crippen LogP contribution in [0.3, 0.4) is 0 Å². The van der Waals surface area contributed by atoms with Gasteiger partial charge in [0.15, 0.2) is 0 Å². The summed E-state index contributed by atoms with van der Waals surface area (Å²) in [5, 5.41) is 12.6. The van der Waals surface area contributed by atoms with Gasteiger partial charge in [-0.2, -0.15) is 0 Å². The van der Waals surface area contributed by atoms with E-state index in [4.69, 9.17) is 9.84 Å². The molecule has 4 nitrogen and oxygen atoms in total. The van der Waals surface area contributed by atoms with E-state index >= 15 is 0 Å². The van der Waals surface area contributed by atoms with Crippen LogP contribution >= 0.6 is 0 Å². The third kappa shape index (κ3) is 3.26. The first-order chi connectivity index (χ1) is 8.97. The third-order valence-corrected chi connectivity index (χ3v) is 3.62. The van der Waals surface area contributed by atoms with E-state index in [1.165, 1.54) is 0 Å². The van der Waals surface area contributed by atoms with Crippen molar-refractivity contribution in [3.05, 3.63) is 29.3 Å². The van der Waals surface area contributed by atoms with Gasteiger partial charge in [-0.1, -0.05) is 6.07 Å². The van der Waals surface area contributed by atoms with Crippen molar-refractivity contribution in [3.63, 3.8) is 0 Å². The minimum Gasteiger partial charge on any atom is -0.478 e. The fraction of sp³-hybridized carbons (Fsp3) is 0.533. The number of carboxylic acids is 1. The number of benzene rings is 1. The summed E-state index contributed by atoms with van der Waals surface area (Å²) in [6, 6.07) is 5.69. The Bertz CT molecular complexity index is 462. The molecule has 1 aliphatic rings. The average Bonchev–Trinajstić information content (AvgIpc) is 2.30. The smallest absolute Gasteiger partial charge is 0.336 e. The quantitative estimate of drug-likeness (QED) is 0.880.